The third-order valence-electron chi connectivity index (χ3n) is 3.48. The molecule has 3 aliphatic rings. The van der Waals surface area contributed by atoms with Crippen LogP contribution in [0, 0.1) is 20.8 Å². The van der Waals surface area contributed by atoms with Crippen LogP contribution in [0.5, 0.6) is 0 Å². The van der Waals surface area contributed by atoms with E-state index >= 15 is 0 Å². The van der Waals surface area contributed by atoms with Gasteiger partial charge in [0.1, 0.15) is 0 Å². The molecule has 2 saturated carbocycles. The standard InChI is InChI=1S/C6H12O.C5H8O.2CH3.Cu.Li/c1-5-3-2-4-6(5)7;1-2-4-5(3-1)6-4;;;;/h5-7H,2-4H2,1H3;4-5H,1-3H2;2*1H3;;/q;;2*-1;2*+1/t5-,6-;;;;;/m0...../s1. The van der Waals surface area contributed by atoms with E-state index in [0.29, 0.717) is 18.1 Å². The van der Waals surface area contributed by atoms with Crippen molar-refractivity contribution in [1.82, 2.24) is 0 Å². The van der Waals surface area contributed by atoms with Gasteiger partial charge in [-0.1, -0.05) is 13.3 Å². The molecule has 2 unspecified atom stereocenters. The van der Waals surface area contributed by atoms with Crippen LogP contribution in [0.15, 0.2) is 0 Å². The molecular formula is C13H26CuLiO2. The number of epoxide rings is 1. The Kier molecular flexibility index (Phi) is 14.9. The van der Waals surface area contributed by atoms with Crippen molar-refractivity contribution >= 4 is 0 Å². The van der Waals surface area contributed by atoms with Crippen molar-refractivity contribution in [3.8, 4) is 0 Å². The molecule has 2 nitrogen and oxygen atoms in total. The van der Waals surface area contributed by atoms with E-state index < -0.39 is 0 Å². The third kappa shape index (κ3) is 7.26. The summed E-state index contributed by atoms with van der Waals surface area (Å²) in [6.07, 6.45) is 9.00. The van der Waals surface area contributed by atoms with E-state index in [0.717, 1.165) is 6.42 Å². The first-order chi connectivity index (χ1) is 6.27. The maximum absolute atomic E-state index is 9.00. The van der Waals surface area contributed by atoms with Crippen molar-refractivity contribution in [2.75, 3.05) is 0 Å². The van der Waals surface area contributed by atoms with E-state index in [-0.39, 0.29) is 56.9 Å². The molecule has 0 radical (unpaired) electrons. The largest absolute Gasteiger partial charge is 1.00 e. The average Bonchev–Trinajstić information content (AvgIpc) is 2.53. The molecule has 102 valence electrons. The number of rotatable bonds is 0. The van der Waals surface area contributed by atoms with Gasteiger partial charge in [-0.2, -0.15) is 0 Å². The van der Waals surface area contributed by atoms with Gasteiger partial charge in [0.15, 0.2) is 0 Å². The Morgan fingerprint density at radius 3 is 1.53 bits per heavy atom. The minimum Gasteiger partial charge on any atom is -0.393 e. The second-order valence-electron chi connectivity index (χ2n) is 4.62. The van der Waals surface area contributed by atoms with E-state index in [1.807, 2.05) is 0 Å². The number of hydrogen-bond donors (Lipinski definition) is 1. The molecule has 17 heavy (non-hydrogen) atoms. The van der Waals surface area contributed by atoms with Crippen molar-refractivity contribution in [3.05, 3.63) is 14.9 Å². The van der Waals surface area contributed by atoms with Gasteiger partial charge in [-0.15, -0.1) is 0 Å². The predicted octanol–water partition coefficient (Wildman–Crippen LogP) is 0.00708. The van der Waals surface area contributed by atoms with Crippen LogP contribution in [-0.2, 0) is 21.8 Å². The summed E-state index contributed by atoms with van der Waals surface area (Å²) >= 11 is 0. The van der Waals surface area contributed by atoms with Gasteiger partial charge in [0.05, 0.1) is 18.3 Å². The van der Waals surface area contributed by atoms with Crippen LogP contribution in [-0.4, -0.2) is 23.4 Å². The normalized spacial score (nSPS) is 35.6. The summed E-state index contributed by atoms with van der Waals surface area (Å²) in [4.78, 5) is 0. The molecule has 0 aromatic carbocycles. The number of aliphatic hydroxyl groups is 1. The molecule has 2 aliphatic carbocycles. The maximum atomic E-state index is 9.00. The van der Waals surface area contributed by atoms with Gasteiger partial charge in [0.25, 0.3) is 0 Å². The SMILES string of the molecule is C1CC2OC2C1.C[C@H]1CCC[C@@H]1O.[CH3-].[CH3-].[Cu+].[Li+]. The van der Waals surface area contributed by atoms with E-state index in [1.165, 1.54) is 32.1 Å². The molecule has 0 aromatic rings. The van der Waals surface area contributed by atoms with Crippen LogP contribution in [0.1, 0.15) is 45.4 Å². The zero-order valence-corrected chi connectivity index (χ0v) is 12.7. The molecule has 1 heterocycles. The van der Waals surface area contributed by atoms with Crippen molar-refractivity contribution in [3.63, 3.8) is 0 Å². The minimum absolute atomic E-state index is 0. The fourth-order valence-electron chi connectivity index (χ4n) is 2.33. The number of fused-ring (bicyclic) bond motifs is 1. The Bertz CT molecular complexity index is 165. The van der Waals surface area contributed by atoms with Crippen molar-refractivity contribution in [2.45, 2.75) is 63.8 Å². The maximum Gasteiger partial charge on any atom is 1.00 e. The summed E-state index contributed by atoms with van der Waals surface area (Å²) in [7, 11) is 0. The van der Waals surface area contributed by atoms with E-state index in [2.05, 4.69) is 6.92 Å². The fourth-order valence-corrected chi connectivity index (χ4v) is 2.33. The number of aliphatic hydroxyl groups excluding tert-OH is 1. The minimum atomic E-state index is 0. The summed E-state index contributed by atoms with van der Waals surface area (Å²) in [6, 6.07) is 0. The van der Waals surface area contributed by atoms with Gasteiger partial charge in [-0.3, -0.25) is 0 Å². The first-order valence-corrected chi connectivity index (χ1v) is 5.61. The number of hydrogen-bond acceptors (Lipinski definition) is 2. The third-order valence-corrected chi connectivity index (χ3v) is 3.48. The van der Waals surface area contributed by atoms with E-state index in [9.17, 15) is 0 Å². The van der Waals surface area contributed by atoms with Crippen molar-refractivity contribution in [1.29, 1.82) is 0 Å². The van der Waals surface area contributed by atoms with Gasteiger partial charge in [-0.25, -0.2) is 0 Å². The smallest absolute Gasteiger partial charge is 0.393 e. The van der Waals surface area contributed by atoms with Crippen LogP contribution >= 0.6 is 0 Å². The van der Waals surface area contributed by atoms with Crippen LogP contribution in [0.4, 0.5) is 0 Å². The van der Waals surface area contributed by atoms with E-state index in [4.69, 9.17) is 9.84 Å². The first-order valence-electron chi connectivity index (χ1n) is 5.61. The van der Waals surface area contributed by atoms with Crippen LogP contribution in [0.25, 0.3) is 0 Å². The molecule has 0 spiro atoms. The Morgan fingerprint density at radius 2 is 1.41 bits per heavy atom. The van der Waals surface area contributed by atoms with Gasteiger partial charge in [0.2, 0.25) is 0 Å². The molecule has 4 atom stereocenters. The summed E-state index contributed by atoms with van der Waals surface area (Å²) < 4.78 is 5.15. The zero-order valence-electron chi connectivity index (χ0n) is 11.7. The second kappa shape index (κ2) is 10.9. The Balaban J connectivity index is -0.000000187. The van der Waals surface area contributed by atoms with Crippen LogP contribution < -0.4 is 18.9 Å². The summed E-state index contributed by atoms with van der Waals surface area (Å²) in [6.45, 7) is 2.11. The molecule has 0 amide bonds. The first kappa shape index (κ1) is 23.2. The molecule has 0 aromatic heterocycles. The molecule has 3 fully saturated rings. The molecule has 3 rings (SSSR count). The molecule has 1 N–H and O–H groups in total. The van der Waals surface area contributed by atoms with E-state index in [1.54, 1.807) is 0 Å². The van der Waals surface area contributed by atoms with Gasteiger partial charge in [-0.05, 0) is 38.0 Å². The number of ether oxygens (including phenoxy) is 1. The monoisotopic (exact) mass is 284 g/mol. The van der Waals surface area contributed by atoms with Crippen LogP contribution in [0.3, 0.4) is 0 Å². The fraction of sp³-hybridized carbons (Fsp3) is 0.846. The molecular weight excluding hydrogens is 259 g/mol. The van der Waals surface area contributed by atoms with Gasteiger partial charge >= 0.3 is 35.9 Å². The second-order valence-corrected chi connectivity index (χ2v) is 4.62. The Hall–Kier alpha value is 1.04. The average molecular weight is 285 g/mol. The summed E-state index contributed by atoms with van der Waals surface area (Å²) in [5, 5.41) is 9.00. The Labute approximate surface area is 130 Å². The molecule has 1 saturated heterocycles. The van der Waals surface area contributed by atoms with Gasteiger partial charge in [0, 0.05) is 0 Å². The zero-order chi connectivity index (χ0) is 9.26. The van der Waals surface area contributed by atoms with Gasteiger partial charge < -0.3 is 24.7 Å². The topological polar surface area (TPSA) is 32.8 Å². The van der Waals surface area contributed by atoms with Crippen LogP contribution in [0.2, 0.25) is 0 Å². The molecule has 1 aliphatic heterocycles. The quantitative estimate of drug-likeness (QED) is 0.386. The summed E-state index contributed by atoms with van der Waals surface area (Å²) in [5.74, 6) is 0.569. The molecule has 0 bridgehead atoms. The molecule has 4 heteroatoms. The van der Waals surface area contributed by atoms with Crippen molar-refractivity contribution in [2.24, 2.45) is 5.92 Å². The van der Waals surface area contributed by atoms with Crippen molar-refractivity contribution < 1.29 is 45.8 Å². The summed E-state index contributed by atoms with van der Waals surface area (Å²) in [5.41, 5.74) is 0. The predicted molar refractivity (Wildman–Crippen MR) is 64.4 cm³/mol. The Morgan fingerprint density at radius 1 is 0.941 bits per heavy atom.